The molecule has 90 valence electrons. The Kier molecular flexibility index (Phi) is 2.68. The Balaban J connectivity index is 2.05. The number of fused-ring (bicyclic) bond motifs is 1. The monoisotopic (exact) mass is 239 g/mol. The minimum absolute atomic E-state index is 0.0160. The molecule has 18 heavy (non-hydrogen) atoms. The molecule has 1 aromatic rings. The number of rotatable bonds is 1. The Morgan fingerprint density at radius 1 is 1.22 bits per heavy atom. The summed E-state index contributed by atoms with van der Waals surface area (Å²) in [6, 6.07) is 7.15. The fourth-order valence-corrected chi connectivity index (χ4v) is 2.35. The molecule has 2 aliphatic rings. The lowest BCUT2D eigenvalue weighted by molar-refractivity contribution is 0.0836. The second-order valence-corrected chi connectivity index (χ2v) is 4.48. The van der Waals surface area contributed by atoms with Crippen LogP contribution < -0.4 is 0 Å². The number of aliphatic hydroxyl groups is 1. The van der Waals surface area contributed by atoms with Gasteiger partial charge in [0.1, 0.15) is 0 Å². The Hall–Kier alpha value is -2.00. The molecule has 2 atom stereocenters. The standard InChI is InChI=1S/C15H13NO2/c17-14-11-8-4-5-9-12(11)16-13(15(14)18)10-6-2-1-3-7-10/h1-6,8-10,15,18H,7H2. The number of para-hydroxylation sites is 1. The first-order valence-electron chi connectivity index (χ1n) is 6.00. The number of allylic oxidation sites excluding steroid dienone is 4. The van der Waals surface area contributed by atoms with Gasteiger partial charge in [-0.25, -0.2) is 0 Å². The first kappa shape index (κ1) is 11.1. The van der Waals surface area contributed by atoms with Crippen LogP contribution in [0.1, 0.15) is 16.8 Å². The molecule has 1 aliphatic heterocycles. The minimum atomic E-state index is -1.11. The molecule has 0 bridgehead atoms. The van der Waals surface area contributed by atoms with E-state index in [0.29, 0.717) is 17.0 Å². The van der Waals surface area contributed by atoms with E-state index < -0.39 is 6.10 Å². The number of hydrogen-bond donors (Lipinski definition) is 1. The molecule has 0 fully saturated rings. The highest BCUT2D eigenvalue weighted by Gasteiger charge is 2.32. The number of benzene rings is 1. The van der Waals surface area contributed by atoms with E-state index in [1.165, 1.54) is 0 Å². The van der Waals surface area contributed by atoms with Crippen molar-refractivity contribution in [2.24, 2.45) is 10.9 Å². The Morgan fingerprint density at radius 2 is 2.06 bits per heavy atom. The molecule has 1 aromatic carbocycles. The maximum Gasteiger partial charge on any atom is 0.199 e. The number of aliphatic hydroxyl groups excluding tert-OH is 1. The number of Topliss-reactive ketones (excluding diaryl/α,β-unsaturated/α-hetero) is 1. The van der Waals surface area contributed by atoms with E-state index in [-0.39, 0.29) is 11.7 Å². The van der Waals surface area contributed by atoms with E-state index in [1.807, 2.05) is 36.4 Å². The van der Waals surface area contributed by atoms with Crippen LogP contribution in [-0.2, 0) is 0 Å². The maximum absolute atomic E-state index is 12.1. The molecule has 0 saturated heterocycles. The lowest BCUT2D eigenvalue weighted by Gasteiger charge is -2.24. The van der Waals surface area contributed by atoms with Crippen molar-refractivity contribution in [1.82, 2.24) is 0 Å². The molecule has 2 unspecified atom stereocenters. The second kappa shape index (κ2) is 4.35. The number of carbonyl (C=O) groups excluding carboxylic acids is 1. The minimum Gasteiger partial charge on any atom is -0.379 e. The number of ketones is 1. The maximum atomic E-state index is 12.1. The van der Waals surface area contributed by atoms with Gasteiger partial charge in [0.25, 0.3) is 0 Å². The van der Waals surface area contributed by atoms with Gasteiger partial charge in [0, 0.05) is 11.5 Å². The average molecular weight is 239 g/mol. The third-order valence-corrected chi connectivity index (χ3v) is 3.31. The molecule has 3 nitrogen and oxygen atoms in total. The normalized spacial score (nSPS) is 25.8. The van der Waals surface area contributed by atoms with Crippen LogP contribution in [0.15, 0.2) is 53.6 Å². The van der Waals surface area contributed by atoms with E-state index in [9.17, 15) is 9.90 Å². The molecule has 1 aliphatic carbocycles. The summed E-state index contributed by atoms with van der Waals surface area (Å²) in [5, 5.41) is 10.1. The van der Waals surface area contributed by atoms with Gasteiger partial charge in [0.15, 0.2) is 11.9 Å². The fourth-order valence-electron chi connectivity index (χ4n) is 2.35. The van der Waals surface area contributed by atoms with Crippen molar-refractivity contribution in [3.8, 4) is 0 Å². The van der Waals surface area contributed by atoms with Gasteiger partial charge in [-0.3, -0.25) is 9.79 Å². The average Bonchev–Trinajstić information content (AvgIpc) is 2.44. The first-order chi connectivity index (χ1) is 8.77. The topological polar surface area (TPSA) is 49.7 Å². The molecular formula is C15H13NO2. The summed E-state index contributed by atoms with van der Waals surface area (Å²) in [6.45, 7) is 0. The fraction of sp³-hybridized carbons (Fsp3) is 0.200. The van der Waals surface area contributed by atoms with Crippen LogP contribution in [0.25, 0.3) is 0 Å². The predicted octanol–water partition coefficient (Wildman–Crippen LogP) is 2.45. The smallest absolute Gasteiger partial charge is 0.199 e. The summed E-state index contributed by atoms with van der Waals surface area (Å²) in [5.41, 5.74) is 1.72. The SMILES string of the molecule is O=C1c2ccccc2N=C(C2C=CC=CC2)C1O. The molecule has 1 N–H and O–H groups in total. The van der Waals surface area contributed by atoms with Crippen molar-refractivity contribution in [2.75, 3.05) is 0 Å². The van der Waals surface area contributed by atoms with Crippen LogP contribution in [0, 0.1) is 5.92 Å². The first-order valence-corrected chi connectivity index (χ1v) is 6.00. The van der Waals surface area contributed by atoms with Crippen molar-refractivity contribution in [1.29, 1.82) is 0 Å². The van der Waals surface area contributed by atoms with Crippen LogP contribution in [-0.4, -0.2) is 22.7 Å². The molecule has 0 radical (unpaired) electrons. The molecule has 3 rings (SSSR count). The van der Waals surface area contributed by atoms with Crippen LogP contribution in [0.4, 0.5) is 5.69 Å². The van der Waals surface area contributed by atoms with E-state index >= 15 is 0 Å². The van der Waals surface area contributed by atoms with Gasteiger partial charge in [-0.1, -0.05) is 36.4 Å². The highest BCUT2D eigenvalue weighted by atomic mass is 16.3. The lowest BCUT2D eigenvalue weighted by atomic mass is 9.87. The van der Waals surface area contributed by atoms with Gasteiger partial charge >= 0.3 is 0 Å². The molecule has 0 amide bonds. The summed E-state index contributed by atoms with van der Waals surface area (Å²) in [4.78, 5) is 16.6. The molecule has 1 heterocycles. The van der Waals surface area contributed by atoms with Crippen molar-refractivity contribution in [2.45, 2.75) is 12.5 Å². The van der Waals surface area contributed by atoms with Gasteiger partial charge in [-0.2, -0.15) is 0 Å². The second-order valence-electron chi connectivity index (χ2n) is 4.48. The highest BCUT2D eigenvalue weighted by molar-refractivity contribution is 6.21. The number of nitrogens with zero attached hydrogens (tertiary/aromatic N) is 1. The quantitative estimate of drug-likeness (QED) is 0.818. The zero-order chi connectivity index (χ0) is 12.5. The zero-order valence-electron chi connectivity index (χ0n) is 9.78. The highest BCUT2D eigenvalue weighted by Crippen LogP contribution is 2.29. The third kappa shape index (κ3) is 1.73. The number of carbonyl (C=O) groups is 1. The summed E-state index contributed by atoms with van der Waals surface area (Å²) < 4.78 is 0. The number of hydrogen-bond acceptors (Lipinski definition) is 3. The number of aliphatic imine (C=N–C) groups is 1. The zero-order valence-corrected chi connectivity index (χ0v) is 9.78. The van der Waals surface area contributed by atoms with E-state index in [1.54, 1.807) is 12.1 Å². The van der Waals surface area contributed by atoms with Crippen molar-refractivity contribution < 1.29 is 9.90 Å². The summed E-state index contributed by atoms with van der Waals surface area (Å²) in [7, 11) is 0. The van der Waals surface area contributed by atoms with E-state index in [0.717, 1.165) is 6.42 Å². The van der Waals surface area contributed by atoms with Crippen LogP contribution in [0.3, 0.4) is 0 Å². The van der Waals surface area contributed by atoms with Crippen LogP contribution in [0.5, 0.6) is 0 Å². The Labute approximate surface area is 105 Å². The largest absolute Gasteiger partial charge is 0.379 e. The van der Waals surface area contributed by atoms with Crippen molar-refractivity contribution in [3.05, 3.63) is 54.1 Å². The Morgan fingerprint density at radius 3 is 2.83 bits per heavy atom. The van der Waals surface area contributed by atoms with E-state index in [4.69, 9.17) is 0 Å². The third-order valence-electron chi connectivity index (χ3n) is 3.31. The van der Waals surface area contributed by atoms with Gasteiger partial charge in [-0.15, -0.1) is 0 Å². The predicted molar refractivity (Wildman–Crippen MR) is 70.3 cm³/mol. The molecule has 0 saturated carbocycles. The van der Waals surface area contributed by atoms with Gasteiger partial charge in [0.05, 0.1) is 11.4 Å². The van der Waals surface area contributed by atoms with Gasteiger partial charge in [-0.05, 0) is 18.6 Å². The van der Waals surface area contributed by atoms with Crippen LogP contribution >= 0.6 is 0 Å². The van der Waals surface area contributed by atoms with E-state index in [2.05, 4.69) is 4.99 Å². The summed E-state index contributed by atoms with van der Waals surface area (Å²) >= 11 is 0. The molecular weight excluding hydrogens is 226 g/mol. The molecule has 0 spiro atoms. The Bertz CT molecular complexity index is 584. The molecule has 3 heteroatoms. The summed E-state index contributed by atoms with van der Waals surface area (Å²) in [6.07, 6.45) is 7.55. The van der Waals surface area contributed by atoms with Crippen LogP contribution in [0.2, 0.25) is 0 Å². The summed E-state index contributed by atoms with van der Waals surface area (Å²) in [5.74, 6) is -0.235. The van der Waals surface area contributed by atoms with Gasteiger partial charge < -0.3 is 5.11 Å². The lowest BCUT2D eigenvalue weighted by Crippen LogP contribution is -2.37. The molecule has 0 aromatic heterocycles. The van der Waals surface area contributed by atoms with Crippen molar-refractivity contribution in [3.63, 3.8) is 0 Å². The van der Waals surface area contributed by atoms with Gasteiger partial charge in [0.2, 0.25) is 0 Å². The van der Waals surface area contributed by atoms with Crippen molar-refractivity contribution >= 4 is 17.2 Å².